The molecule has 13 heteroatoms. The molecule has 0 amide bonds. The van der Waals surface area contributed by atoms with Crippen LogP contribution in [0.3, 0.4) is 0 Å². The van der Waals surface area contributed by atoms with E-state index in [0.29, 0.717) is 69.9 Å². The molecule has 9 unspecified atom stereocenters. The number of hydrogen-bond acceptors (Lipinski definition) is 11. The molecule has 2 heterocycles. The van der Waals surface area contributed by atoms with Crippen molar-refractivity contribution in [3.05, 3.63) is 0 Å². The van der Waals surface area contributed by atoms with E-state index in [9.17, 15) is 25.5 Å². The lowest BCUT2D eigenvalue weighted by Gasteiger charge is -2.48. The first-order valence-electron chi connectivity index (χ1n) is 20.0. The molecule has 0 aromatic heterocycles. The van der Waals surface area contributed by atoms with Crippen molar-refractivity contribution in [1.29, 1.82) is 0 Å². The minimum atomic E-state index is -0.745. The predicted molar refractivity (Wildman–Crippen MR) is 189 cm³/mol. The summed E-state index contributed by atoms with van der Waals surface area (Å²) in [6, 6.07) is 0.307. The van der Waals surface area contributed by atoms with E-state index in [2.05, 4.69) is 22.9 Å². The maximum absolute atomic E-state index is 11.4. The average molecular weight is 719 g/mol. The Labute approximate surface area is 300 Å². The van der Waals surface area contributed by atoms with Crippen molar-refractivity contribution in [3.8, 4) is 0 Å². The molecule has 2 aliphatic heterocycles. The standard InChI is InChI=1S/C37H72N4O9/c1-4-40-27(8-5-25-11-13-41-35(38)16-25)21-48-34-18-26(17-33(47-3)36(34)46)37-29(12-14-42)31(45)19-28(50-37)9-6-24-7-10-30(44)32(15-24)49-22-39-20-23(2)43/h23-37,39-46H,4-22,38H2,1-3H3/p+2/t23-,24?,25?,26?,27+,28-,29-,30?,31-,32?,33?,34?,35?,36?,37-/m0/s1. The predicted octanol–water partition coefficient (Wildman–Crippen LogP) is -1.08. The third kappa shape index (κ3) is 13.1. The Morgan fingerprint density at radius 1 is 0.920 bits per heavy atom. The molecule has 0 aromatic carbocycles. The Hall–Kier alpha value is -0.520. The van der Waals surface area contributed by atoms with E-state index in [1.54, 1.807) is 14.0 Å². The molecule has 2 saturated carbocycles. The van der Waals surface area contributed by atoms with E-state index in [1.807, 2.05) is 0 Å². The normalized spacial score (nSPS) is 39.7. The van der Waals surface area contributed by atoms with E-state index in [4.69, 9.17) is 24.7 Å². The van der Waals surface area contributed by atoms with Gasteiger partial charge in [0.25, 0.3) is 0 Å². The molecule has 2 saturated heterocycles. The van der Waals surface area contributed by atoms with Crippen LogP contribution in [0.15, 0.2) is 0 Å². The Balaban J connectivity index is 1.34. The van der Waals surface area contributed by atoms with Gasteiger partial charge in [-0.15, -0.1) is 0 Å². The van der Waals surface area contributed by atoms with Gasteiger partial charge in [0.1, 0.15) is 18.3 Å². The number of methoxy groups -OCH3 is 1. The van der Waals surface area contributed by atoms with Gasteiger partial charge in [0.15, 0.2) is 0 Å². The van der Waals surface area contributed by atoms with Gasteiger partial charge in [0, 0.05) is 39.0 Å². The number of hydrogen-bond donors (Lipinski definition) is 9. The molecule has 13 nitrogen and oxygen atoms in total. The number of ether oxygens (including phenoxy) is 4. The number of nitrogens with one attached hydrogen (secondary N) is 1. The molecular weight excluding hydrogens is 644 g/mol. The van der Waals surface area contributed by atoms with Gasteiger partial charge in [0.2, 0.25) is 0 Å². The monoisotopic (exact) mass is 719 g/mol. The lowest BCUT2D eigenvalue weighted by atomic mass is 9.72. The first-order valence-corrected chi connectivity index (χ1v) is 20.0. The third-order valence-corrected chi connectivity index (χ3v) is 12.1. The summed E-state index contributed by atoms with van der Waals surface area (Å²) in [6.45, 7) is 7.21. The van der Waals surface area contributed by atoms with Crippen LogP contribution in [0.5, 0.6) is 0 Å². The molecule has 0 aromatic rings. The van der Waals surface area contributed by atoms with Crippen LogP contribution < -0.4 is 21.7 Å². The molecule has 0 bridgehead atoms. The molecule has 0 spiro atoms. The summed E-state index contributed by atoms with van der Waals surface area (Å²) in [6.07, 6.45) is 7.23. The van der Waals surface area contributed by atoms with E-state index < -0.39 is 36.6 Å². The van der Waals surface area contributed by atoms with Gasteiger partial charge in [-0.3, -0.25) is 11.1 Å². The Morgan fingerprint density at radius 2 is 1.70 bits per heavy atom. The SMILES string of the molecule is CC[NH2+][C@H](CCC1CC[NH2+]C(N)C1)COC1CC([C@@H]2O[C@@H](CCC3CCC(O)C(OCNC[C@H](C)O)C3)C[C@H](O)[C@@H]2CCO)CC(OC)C1O. The van der Waals surface area contributed by atoms with Crippen molar-refractivity contribution >= 4 is 0 Å². The number of piperidine rings is 1. The van der Waals surface area contributed by atoms with Gasteiger partial charge in [-0.1, -0.05) is 0 Å². The van der Waals surface area contributed by atoms with Gasteiger partial charge < -0.3 is 55.1 Å². The van der Waals surface area contributed by atoms with E-state index in [1.165, 1.54) is 6.42 Å². The molecule has 4 fully saturated rings. The number of nitrogens with two attached hydrogens (primary N) is 3. The highest BCUT2D eigenvalue weighted by Crippen LogP contribution is 2.42. The lowest BCUT2D eigenvalue weighted by Crippen LogP contribution is -2.94. The van der Waals surface area contributed by atoms with Crippen LogP contribution in [0.4, 0.5) is 0 Å². The lowest BCUT2D eigenvalue weighted by molar-refractivity contribution is -0.700. The second-order valence-corrected chi connectivity index (χ2v) is 16.1. The summed E-state index contributed by atoms with van der Waals surface area (Å²) in [4.78, 5) is 0. The molecule has 12 N–H and O–H groups in total. The van der Waals surface area contributed by atoms with Crippen LogP contribution in [0.25, 0.3) is 0 Å². The minimum Gasteiger partial charge on any atom is -0.396 e. The molecule has 50 heavy (non-hydrogen) atoms. The van der Waals surface area contributed by atoms with Gasteiger partial charge >= 0.3 is 0 Å². The Kier molecular flexibility index (Phi) is 18.6. The Bertz CT molecular complexity index is 924. The summed E-state index contributed by atoms with van der Waals surface area (Å²) >= 11 is 0. The zero-order valence-corrected chi connectivity index (χ0v) is 31.2. The summed E-state index contributed by atoms with van der Waals surface area (Å²) in [7, 11) is 1.64. The number of rotatable bonds is 20. The molecule has 4 rings (SSSR count). The summed E-state index contributed by atoms with van der Waals surface area (Å²) in [5.74, 6) is 0.843. The minimum absolute atomic E-state index is 0.00711. The van der Waals surface area contributed by atoms with Crippen LogP contribution in [-0.4, -0.2) is 139 Å². The second-order valence-electron chi connectivity index (χ2n) is 16.1. The van der Waals surface area contributed by atoms with E-state index in [-0.39, 0.29) is 42.9 Å². The first-order chi connectivity index (χ1) is 24.1. The van der Waals surface area contributed by atoms with Gasteiger partial charge in [-0.05, 0) is 102 Å². The average Bonchev–Trinajstić information content (AvgIpc) is 3.09. The highest BCUT2D eigenvalue weighted by Gasteiger charge is 2.47. The van der Waals surface area contributed by atoms with Crippen molar-refractivity contribution in [2.24, 2.45) is 29.4 Å². The number of aliphatic hydroxyl groups is 5. The van der Waals surface area contributed by atoms with Gasteiger partial charge in [-0.25, -0.2) is 0 Å². The van der Waals surface area contributed by atoms with E-state index >= 15 is 0 Å². The van der Waals surface area contributed by atoms with Crippen molar-refractivity contribution in [2.75, 3.05) is 46.7 Å². The quantitative estimate of drug-likeness (QED) is 0.0546. The van der Waals surface area contributed by atoms with Crippen molar-refractivity contribution in [3.63, 3.8) is 0 Å². The van der Waals surface area contributed by atoms with Crippen LogP contribution >= 0.6 is 0 Å². The molecule has 2 aliphatic carbocycles. The fourth-order valence-corrected chi connectivity index (χ4v) is 9.28. The van der Waals surface area contributed by atoms with Gasteiger partial charge in [-0.2, -0.15) is 0 Å². The zero-order chi connectivity index (χ0) is 36.0. The zero-order valence-electron chi connectivity index (χ0n) is 31.2. The number of quaternary nitrogens is 2. The van der Waals surface area contributed by atoms with Crippen molar-refractivity contribution in [2.45, 2.75) is 164 Å². The van der Waals surface area contributed by atoms with E-state index in [0.717, 1.165) is 58.0 Å². The first kappa shape index (κ1) is 42.2. The Morgan fingerprint density at radius 3 is 2.42 bits per heavy atom. The highest BCUT2D eigenvalue weighted by molar-refractivity contribution is 4.97. The number of aliphatic hydroxyl groups excluding tert-OH is 5. The molecule has 4 aliphatic rings. The van der Waals surface area contributed by atoms with Crippen LogP contribution in [0.1, 0.15) is 97.3 Å². The summed E-state index contributed by atoms with van der Waals surface area (Å²) in [5.41, 5.74) is 6.21. The van der Waals surface area contributed by atoms with Crippen LogP contribution in [0.2, 0.25) is 0 Å². The molecule has 15 atom stereocenters. The van der Waals surface area contributed by atoms with Gasteiger partial charge in [0.05, 0.1) is 75.3 Å². The third-order valence-electron chi connectivity index (χ3n) is 12.1. The topological polar surface area (TPSA) is 209 Å². The molecule has 0 radical (unpaired) electrons. The number of likely N-dealkylation sites (N-methyl/N-ethyl adjacent to an activating group) is 1. The summed E-state index contributed by atoms with van der Waals surface area (Å²) < 4.78 is 25.2. The highest BCUT2D eigenvalue weighted by atomic mass is 16.5. The van der Waals surface area contributed by atoms with Crippen LogP contribution in [-0.2, 0) is 18.9 Å². The van der Waals surface area contributed by atoms with Crippen molar-refractivity contribution < 1.29 is 55.1 Å². The van der Waals surface area contributed by atoms with Crippen molar-refractivity contribution in [1.82, 2.24) is 5.32 Å². The largest absolute Gasteiger partial charge is 0.396 e. The maximum atomic E-state index is 11.4. The van der Waals surface area contributed by atoms with Crippen LogP contribution in [0, 0.1) is 23.7 Å². The molecular formula is C37H74N4O9+2. The summed E-state index contributed by atoms with van der Waals surface area (Å²) in [5, 5.41) is 60.4. The fourth-order valence-electron chi connectivity index (χ4n) is 9.28. The maximum Gasteiger partial charge on any atom is 0.137 e. The fraction of sp³-hybridized carbons (Fsp3) is 1.00. The second kappa shape index (κ2) is 22.0. The molecule has 294 valence electrons. The smallest absolute Gasteiger partial charge is 0.137 e.